The normalized spacial score (nSPS) is 14.9. The highest BCUT2D eigenvalue weighted by Gasteiger charge is 2.90. The Kier molecular flexibility index (Phi) is 6.19. The third-order valence-corrected chi connectivity index (χ3v) is 2.88. The lowest BCUT2D eigenvalue weighted by molar-refractivity contribution is -0.439. The van der Waals surface area contributed by atoms with Crippen molar-refractivity contribution in [2.45, 2.75) is 42.2 Å². The van der Waals surface area contributed by atoms with Crippen LogP contribution < -0.4 is 0 Å². The van der Waals surface area contributed by atoms with E-state index in [2.05, 4.69) is 0 Å². The molecule has 0 aliphatic carbocycles. The molecule has 2 nitrogen and oxygen atoms in total. The van der Waals surface area contributed by atoms with Gasteiger partial charge in [-0.2, -0.15) is 65.9 Å². The van der Waals surface area contributed by atoms with Gasteiger partial charge in [-0.05, 0) is 0 Å². The quantitative estimate of drug-likeness (QED) is 0.428. The zero-order valence-corrected chi connectivity index (χ0v) is 11.7. The Morgan fingerprint density at radius 1 is 0.630 bits per heavy atom. The highest BCUT2D eigenvalue weighted by Crippen LogP contribution is 2.61. The largest absolute Gasteiger partial charge is 0.478 e. The van der Waals surface area contributed by atoms with Crippen molar-refractivity contribution in [3.63, 3.8) is 0 Å². The molecular weight excluding hydrogens is 437 g/mol. The molecule has 0 amide bonds. The molecule has 1 N–H and O–H groups in total. The van der Waals surface area contributed by atoms with E-state index in [4.69, 9.17) is 5.11 Å². The van der Waals surface area contributed by atoms with E-state index in [0.717, 1.165) is 0 Å². The summed E-state index contributed by atoms with van der Waals surface area (Å²) in [6.45, 7) is 0. The van der Waals surface area contributed by atoms with Crippen molar-refractivity contribution in [2.75, 3.05) is 0 Å². The average molecular weight is 440 g/mol. The standard InChI is InChI=1S/C10H3F15O2/c11-3(12)2(4(26)27)1-5(13,14)6(15,16)7(17,18)8(19,20)9(21,22)10(23,24)25/h1H2,(H,26,27). The van der Waals surface area contributed by atoms with E-state index < -0.39 is 59.8 Å². The summed E-state index contributed by atoms with van der Waals surface area (Å²) in [5.74, 6) is -42.2. The second-order valence-corrected chi connectivity index (χ2v) is 4.72. The molecule has 160 valence electrons. The summed E-state index contributed by atoms with van der Waals surface area (Å²) in [5, 5.41) is 8.05. The molecule has 0 saturated carbocycles. The summed E-state index contributed by atoms with van der Waals surface area (Å²) in [6.07, 6.45) is -14.9. The molecule has 0 aromatic carbocycles. The van der Waals surface area contributed by atoms with E-state index in [9.17, 15) is 70.7 Å². The van der Waals surface area contributed by atoms with Crippen LogP contribution in [-0.2, 0) is 4.79 Å². The van der Waals surface area contributed by atoms with E-state index in [0.29, 0.717) is 0 Å². The van der Waals surface area contributed by atoms with Gasteiger partial charge in [-0.1, -0.05) is 0 Å². The molecule has 0 aliphatic heterocycles. The number of hydrogen-bond acceptors (Lipinski definition) is 1. The fourth-order valence-electron chi connectivity index (χ4n) is 1.36. The molecule has 0 fully saturated rings. The highest BCUT2D eigenvalue weighted by atomic mass is 19.4. The topological polar surface area (TPSA) is 37.3 Å². The third kappa shape index (κ3) is 3.76. The molecule has 0 aromatic rings. The van der Waals surface area contributed by atoms with Gasteiger partial charge in [0.15, 0.2) is 0 Å². The van der Waals surface area contributed by atoms with Crippen molar-refractivity contribution in [3.8, 4) is 0 Å². The maximum atomic E-state index is 13.2. The predicted octanol–water partition coefficient (Wildman–Crippen LogP) is 5.35. The Hall–Kier alpha value is -1.84. The number of carboxylic acids is 1. The second-order valence-electron chi connectivity index (χ2n) is 4.72. The van der Waals surface area contributed by atoms with Crippen LogP contribution in [0.5, 0.6) is 0 Å². The number of carboxylic acid groups (broad SMARTS) is 1. The zero-order valence-electron chi connectivity index (χ0n) is 11.7. The molecule has 0 aromatic heterocycles. The first kappa shape index (κ1) is 25.2. The number of halogens is 15. The first-order valence-corrected chi connectivity index (χ1v) is 5.72. The SMILES string of the molecule is O=C(O)C(CC(F)(F)C(F)(F)C(F)(F)C(F)(F)C(F)(F)C(F)(F)F)=C(F)F. The molecule has 0 bridgehead atoms. The average Bonchev–Trinajstić information content (AvgIpc) is 2.41. The summed E-state index contributed by atoms with van der Waals surface area (Å²) in [6, 6.07) is 0. The fraction of sp³-hybridized carbons (Fsp3) is 0.700. The van der Waals surface area contributed by atoms with Crippen molar-refractivity contribution in [2.24, 2.45) is 0 Å². The third-order valence-electron chi connectivity index (χ3n) is 2.88. The summed E-state index contributed by atoms with van der Waals surface area (Å²) < 4.78 is 189. The molecule has 0 aliphatic rings. The monoisotopic (exact) mass is 440 g/mol. The Bertz CT molecular complexity index is 611. The number of alkyl halides is 13. The van der Waals surface area contributed by atoms with Gasteiger partial charge in [-0.15, -0.1) is 0 Å². The Morgan fingerprint density at radius 2 is 0.963 bits per heavy atom. The Morgan fingerprint density at radius 3 is 1.22 bits per heavy atom. The fourth-order valence-corrected chi connectivity index (χ4v) is 1.36. The van der Waals surface area contributed by atoms with Crippen molar-refractivity contribution in [1.29, 1.82) is 0 Å². The van der Waals surface area contributed by atoms with Crippen LogP contribution in [0, 0.1) is 0 Å². The Balaban J connectivity index is 6.39. The molecule has 0 saturated heterocycles. The van der Waals surface area contributed by atoms with Gasteiger partial charge in [0.25, 0.3) is 6.08 Å². The van der Waals surface area contributed by atoms with Gasteiger partial charge >= 0.3 is 41.8 Å². The highest BCUT2D eigenvalue weighted by molar-refractivity contribution is 5.86. The first-order chi connectivity index (χ1) is 11.5. The number of rotatable bonds is 7. The van der Waals surface area contributed by atoms with Crippen LogP contribution in [0.1, 0.15) is 6.42 Å². The van der Waals surface area contributed by atoms with E-state index in [-0.39, 0.29) is 0 Å². The van der Waals surface area contributed by atoms with Crippen LogP contribution in [0.25, 0.3) is 0 Å². The second kappa shape index (κ2) is 6.65. The minimum atomic E-state index is -8.19. The smallest absolute Gasteiger partial charge is 0.460 e. The van der Waals surface area contributed by atoms with Crippen molar-refractivity contribution >= 4 is 5.97 Å². The van der Waals surface area contributed by atoms with E-state index in [1.165, 1.54) is 0 Å². The van der Waals surface area contributed by atoms with Gasteiger partial charge in [0, 0.05) is 0 Å². The maximum absolute atomic E-state index is 13.2. The van der Waals surface area contributed by atoms with Crippen LogP contribution in [-0.4, -0.2) is 46.9 Å². The van der Waals surface area contributed by atoms with Gasteiger partial charge in [0.2, 0.25) is 0 Å². The lowest BCUT2D eigenvalue weighted by Crippen LogP contribution is -2.70. The first-order valence-electron chi connectivity index (χ1n) is 5.72. The molecule has 0 atom stereocenters. The number of hydrogen-bond donors (Lipinski definition) is 1. The molecule has 0 radical (unpaired) electrons. The van der Waals surface area contributed by atoms with Gasteiger partial charge in [0.05, 0.1) is 6.42 Å². The van der Waals surface area contributed by atoms with Crippen LogP contribution in [0.2, 0.25) is 0 Å². The van der Waals surface area contributed by atoms with Crippen molar-refractivity contribution in [1.82, 2.24) is 0 Å². The van der Waals surface area contributed by atoms with Gasteiger partial charge < -0.3 is 5.11 Å². The molecule has 0 unspecified atom stereocenters. The minimum Gasteiger partial charge on any atom is -0.478 e. The molecular formula is C10H3F15O2. The van der Waals surface area contributed by atoms with Crippen molar-refractivity contribution in [3.05, 3.63) is 11.7 Å². The number of carbonyl (C=O) groups is 1. The summed E-state index contributed by atoms with van der Waals surface area (Å²) in [7, 11) is 0. The van der Waals surface area contributed by atoms with Crippen LogP contribution in [0.4, 0.5) is 65.9 Å². The molecule has 0 heterocycles. The molecule has 0 spiro atoms. The van der Waals surface area contributed by atoms with E-state index in [1.54, 1.807) is 0 Å². The Labute approximate surface area is 137 Å². The van der Waals surface area contributed by atoms with Crippen LogP contribution in [0.15, 0.2) is 11.7 Å². The minimum absolute atomic E-state index is 3.00. The van der Waals surface area contributed by atoms with Crippen LogP contribution in [0.3, 0.4) is 0 Å². The van der Waals surface area contributed by atoms with Gasteiger partial charge in [0.1, 0.15) is 5.57 Å². The summed E-state index contributed by atoms with van der Waals surface area (Å²) >= 11 is 0. The van der Waals surface area contributed by atoms with Crippen LogP contribution >= 0.6 is 0 Å². The molecule has 27 heavy (non-hydrogen) atoms. The zero-order chi connectivity index (χ0) is 22.4. The lowest BCUT2D eigenvalue weighted by Gasteiger charge is -2.39. The summed E-state index contributed by atoms with van der Waals surface area (Å²) in [5.41, 5.74) is -3.00. The van der Waals surface area contributed by atoms with Gasteiger partial charge in [-0.3, -0.25) is 0 Å². The molecule has 0 rings (SSSR count). The molecule has 17 heteroatoms. The summed E-state index contributed by atoms with van der Waals surface area (Å²) in [4.78, 5) is 10.2. The van der Waals surface area contributed by atoms with Crippen molar-refractivity contribution < 1.29 is 75.8 Å². The maximum Gasteiger partial charge on any atom is 0.460 e. The lowest BCUT2D eigenvalue weighted by atomic mass is 9.91. The van der Waals surface area contributed by atoms with E-state index in [1.807, 2.05) is 0 Å². The van der Waals surface area contributed by atoms with Gasteiger partial charge in [-0.25, -0.2) is 4.79 Å². The predicted molar refractivity (Wildman–Crippen MR) is 52.3 cm³/mol. The number of aliphatic carboxylic acids is 1. The van der Waals surface area contributed by atoms with E-state index >= 15 is 0 Å².